The molecule has 4 N–H and O–H groups in total. The number of nitrogen functional groups attached to an aromatic ring is 1. The fourth-order valence-electron chi connectivity index (χ4n) is 0.873. The third-order valence-corrected chi connectivity index (χ3v) is 1.67. The Labute approximate surface area is 77.0 Å². The van der Waals surface area contributed by atoms with E-state index < -0.39 is 0 Å². The van der Waals surface area contributed by atoms with Crippen molar-refractivity contribution in [1.82, 2.24) is 0 Å². The van der Waals surface area contributed by atoms with Crippen LogP contribution in [0.4, 0.5) is 5.69 Å². The zero-order valence-corrected chi connectivity index (χ0v) is 7.45. The Hall–Kier alpha value is -1.77. The maximum absolute atomic E-state index is 10.8. The van der Waals surface area contributed by atoms with E-state index in [0.717, 1.165) is 5.56 Å². The van der Waals surface area contributed by atoms with Crippen LogP contribution >= 0.6 is 0 Å². The third kappa shape index (κ3) is 2.63. The summed E-state index contributed by atoms with van der Waals surface area (Å²) in [6, 6.07) is 7.15. The summed E-state index contributed by atoms with van der Waals surface area (Å²) in [5, 5.41) is 0. The van der Waals surface area contributed by atoms with E-state index in [0.29, 0.717) is 5.69 Å². The molecule has 0 spiro atoms. The van der Waals surface area contributed by atoms with E-state index in [9.17, 15) is 4.79 Å². The maximum Gasteiger partial charge on any atom is 0.175 e. The van der Waals surface area contributed by atoms with Crippen LogP contribution in [0.3, 0.4) is 0 Å². The van der Waals surface area contributed by atoms with Crippen molar-refractivity contribution in [2.45, 2.75) is 6.92 Å². The number of carbonyl (C=O) groups is 1. The summed E-state index contributed by atoms with van der Waals surface area (Å²) in [6.07, 6.45) is 1.63. The van der Waals surface area contributed by atoms with Crippen LogP contribution in [0.5, 0.6) is 0 Å². The fourth-order valence-corrected chi connectivity index (χ4v) is 0.873. The van der Waals surface area contributed by atoms with Gasteiger partial charge in [-0.25, -0.2) is 0 Å². The van der Waals surface area contributed by atoms with Crippen molar-refractivity contribution in [3.05, 3.63) is 35.5 Å². The molecule has 0 saturated carbocycles. The molecule has 0 bridgehead atoms. The number of ketones is 1. The highest BCUT2D eigenvalue weighted by Gasteiger charge is 1.96. The van der Waals surface area contributed by atoms with Gasteiger partial charge in [0.05, 0.1) is 5.70 Å². The van der Waals surface area contributed by atoms with E-state index >= 15 is 0 Å². The molecule has 0 atom stereocenters. The summed E-state index contributed by atoms with van der Waals surface area (Å²) in [5.74, 6) is -0.128. The Bertz CT molecular complexity index is 338. The topological polar surface area (TPSA) is 69.1 Å². The second-order valence-corrected chi connectivity index (χ2v) is 2.82. The third-order valence-electron chi connectivity index (χ3n) is 1.67. The summed E-state index contributed by atoms with van der Waals surface area (Å²) in [7, 11) is 0. The minimum absolute atomic E-state index is 0.128. The van der Waals surface area contributed by atoms with Crippen LogP contribution in [-0.4, -0.2) is 5.78 Å². The molecule has 1 aromatic carbocycles. The predicted octanol–water partition coefficient (Wildman–Crippen LogP) is 1.16. The van der Waals surface area contributed by atoms with Gasteiger partial charge < -0.3 is 11.5 Å². The van der Waals surface area contributed by atoms with Crippen LogP contribution in [0, 0.1) is 0 Å². The molecule has 1 rings (SSSR count). The van der Waals surface area contributed by atoms with Crippen LogP contribution < -0.4 is 11.5 Å². The largest absolute Gasteiger partial charge is 0.399 e. The number of nitrogens with two attached hydrogens (primary N) is 2. The Balaban J connectivity index is 2.92. The van der Waals surface area contributed by atoms with Gasteiger partial charge in [0.1, 0.15) is 0 Å². The second kappa shape index (κ2) is 3.76. The minimum atomic E-state index is -0.128. The van der Waals surface area contributed by atoms with Crippen molar-refractivity contribution in [2.24, 2.45) is 5.73 Å². The van der Waals surface area contributed by atoms with E-state index in [4.69, 9.17) is 11.5 Å². The van der Waals surface area contributed by atoms with Crippen molar-refractivity contribution in [2.75, 3.05) is 5.73 Å². The molecule has 0 saturated heterocycles. The molecule has 68 valence electrons. The Morgan fingerprint density at radius 2 is 1.85 bits per heavy atom. The first-order valence-electron chi connectivity index (χ1n) is 3.93. The van der Waals surface area contributed by atoms with E-state index in [2.05, 4.69) is 0 Å². The highest BCUT2D eigenvalue weighted by Crippen LogP contribution is 2.08. The number of Topliss-reactive ketones (excluding diaryl/α,β-unsaturated/α-hetero) is 1. The number of rotatable bonds is 2. The van der Waals surface area contributed by atoms with Crippen LogP contribution in [0.15, 0.2) is 30.0 Å². The molecule has 1 aromatic rings. The first kappa shape index (κ1) is 9.32. The van der Waals surface area contributed by atoms with Gasteiger partial charge in [-0.3, -0.25) is 4.79 Å². The average Bonchev–Trinajstić information content (AvgIpc) is 2.08. The van der Waals surface area contributed by atoms with Crippen molar-refractivity contribution < 1.29 is 4.79 Å². The van der Waals surface area contributed by atoms with Crippen LogP contribution in [-0.2, 0) is 4.79 Å². The first-order chi connectivity index (χ1) is 6.09. The van der Waals surface area contributed by atoms with E-state index in [1.54, 1.807) is 18.2 Å². The smallest absolute Gasteiger partial charge is 0.175 e. The van der Waals surface area contributed by atoms with Gasteiger partial charge in [0.2, 0.25) is 0 Å². The van der Waals surface area contributed by atoms with Gasteiger partial charge in [0.25, 0.3) is 0 Å². The number of carbonyl (C=O) groups excluding carboxylic acids is 1. The Morgan fingerprint density at radius 3 is 2.31 bits per heavy atom. The number of anilines is 1. The Morgan fingerprint density at radius 1 is 1.31 bits per heavy atom. The monoisotopic (exact) mass is 176 g/mol. The Kier molecular flexibility index (Phi) is 2.69. The average molecular weight is 176 g/mol. The SMILES string of the molecule is CC(=O)/C(N)=C/c1ccc(N)cc1. The lowest BCUT2D eigenvalue weighted by molar-refractivity contribution is -0.113. The van der Waals surface area contributed by atoms with Gasteiger partial charge in [-0.05, 0) is 23.8 Å². The summed E-state index contributed by atoms with van der Waals surface area (Å²) >= 11 is 0. The number of hydrogen-bond acceptors (Lipinski definition) is 3. The van der Waals surface area contributed by atoms with Gasteiger partial charge in [-0.1, -0.05) is 12.1 Å². The molecule has 0 unspecified atom stereocenters. The molecule has 3 heteroatoms. The molecule has 0 aromatic heterocycles. The molecule has 0 aliphatic heterocycles. The fraction of sp³-hybridized carbons (Fsp3) is 0.100. The lowest BCUT2D eigenvalue weighted by atomic mass is 10.1. The van der Waals surface area contributed by atoms with E-state index in [-0.39, 0.29) is 11.5 Å². The zero-order valence-electron chi connectivity index (χ0n) is 7.45. The van der Waals surface area contributed by atoms with Crippen molar-refractivity contribution in [1.29, 1.82) is 0 Å². The molecule has 13 heavy (non-hydrogen) atoms. The molecular formula is C10H12N2O. The molecule has 0 aliphatic carbocycles. The van der Waals surface area contributed by atoms with Crippen LogP contribution in [0.25, 0.3) is 6.08 Å². The molecule has 0 heterocycles. The molecule has 0 amide bonds. The number of benzene rings is 1. The highest BCUT2D eigenvalue weighted by molar-refractivity contribution is 5.96. The van der Waals surface area contributed by atoms with E-state index in [1.807, 2.05) is 12.1 Å². The normalized spacial score (nSPS) is 11.3. The first-order valence-corrected chi connectivity index (χ1v) is 3.93. The van der Waals surface area contributed by atoms with Gasteiger partial charge in [0.15, 0.2) is 5.78 Å². The van der Waals surface area contributed by atoms with Gasteiger partial charge in [-0.2, -0.15) is 0 Å². The van der Waals surface area contributed by atoms with Crippen molar-refractivity contribution in [3.8, 4) is 0 Å². The van der Waals surface area contributed by atoms with Crippen LogP contribution in [0.1, 0.15) is 12.5 Å². The van der Waals surface area contributed by atoms with Gasteiger partial charge in [-0.15, -0.1) is 0 Å². The van der Waals surface area contributed by atoms with Gasteiger partial charge >= 0.3 is 0 Å². The summed E-state index contributed by atoms with van der Waals surface area (Å²) in [4.78, 5) is 10.8. The summed E-state index contributed by atoms with van der Waals surface area (Å²) in [6.45, 7) is 1.43. The minimum Gasteiger partial charge on any atom is -0.399 e. The predicted molar refractivity (Wildman–Crippen MR) is 53.7 cm³/mol. The maximum atomic E-state index is 10.8. The zero-order chi connectivity index (χ0) is 9.84. The lowest BCUT2D eigenvalue weighted by Gasteiger charge is -1.97. The van der Waals surface area contributed by atoms with Crippen molar-refractivity contribution >= 4 is 17.5 Å². The van der Waals surface area contributed by atoms with E-state index in [1.165, 1.54) is 6.92 Å². The molecular weight excluding hydrogens is 164 g/mol. The summed E-state index contributed by atoms with van der Waals surface area (Å²) < 4.78 is 0. The number of allylic oxidation sites excluding steroid dienone is 1. The molecule has 0 radical (unpaired) electrons. The highest BCUT2D eigenvalue weighted by atomic mass is 16.1. The number of hydrogen-bond donors (Lipinski definition) is 2. The molecule has 0 aliphatic rings. The molecule has 0 fully saturated rings. The standard InChI is InChI=1S/C10H12N2O/c1-7(13)10(12)6-8-2-4-9(11)5-3-8/h2-6H,11-12H2,1H3/b10-6-. The lowest BCUT2D eigenvalue weighted by Crippen LogP contribution is -2.06. The van der Waals surface area contributed by atoms with Crippen LogP contribution in [0.2, 0.25) is 0 Å². The molecule has 3 nitrogen and oxygen atoms in total. The second-order valence-electron chi connectivity index (χ2n) is 2.82. The van der Waals surface area contributed by atoms with Gasteiger partial charge in [0, 0.05) is 12.6 Å². The summed E-state index contributed by atoms with van der Waals surface area (Å²) in [5.41, 5.74) is 12.8. The van der Waals surface area contributed by atoms with Crippen molar-refractivity contribution in [3.63, 3.8) is 0 Å². The quantitative estimate of drug-likeness (QED) is 0.524.